The average molecular weight is 327 g/mol. The van der Waals surface area contributed by atoms with E-state index in [0.717, 1.165) is 46.1 Å². The highest BCUT2D eigenvalue weighted by atomic mass is 32.1. The number of carbonyl (C=O) groups excluding carboxylic acids is 1. The molecule has 1 aliphatic rings. The lowest BCUT2D eigenvalue weighted by molar-refractivity contribution is -0.123. The first-order valence-corrected chi connectivity index (χ1v) is 8.57. The van der Waals surface area contributed by atoms with E-state index < -0.39 is 0 Å². The number of hydrogen-bond donors (Lipinski definition) is 2. The normalized spacial score (nSPS) is 17.7. The van der Waals surface area contributed by atoms with E-state index in [1.54, 1.807) is 11.3 Å². The van der Waals surface area contributed by atoms with E-state index >= 15 is 0 Å². The third-order valence-corrected chi connectivity index (χ3v) is 5.03. The number of thiazole rings is 1. The van der Waals surface area contributed by atoms with Gasteiger partial charge in [0.05, 0.1) is 22.8 Å². The monoisotopic (exact) mass is 327 g/mol. The first kappa shape index (κ1) is 14.4. The van der Waals surface area contributed by atoms with Gasteiger partial charge in [-0.3, -0.25) is 4.79 Å². The number of amides is 1. The van der Waals surface area contributed by atoms with Gasteiger partial charge in [0.1, 0.15) is 5.76 Å². The largest absolute Gasteiger partial charge is 0.457 e. The van der Waals surface area contributed by atoms with E-state index in [-0.39, 0.29) is 11.9 Å². The van der Waals surface area contributed by atoms with E-state index in [1.165, 1.54) is 0 Å². The Kier molecular flexibility index (Phi) is 3.85. The molecular formula is C17H17N3O2S. The van der Waals surface area contributed by atoms with Gasteiger partial charge in [-0.25, -0.2) is 4.98 Å². The van der Waals surface area contributed by atoms with Crippen molar-refractivity contribution in [3.05, 3.63) is 42.2 Å². The quantitative estimate of drug-likeness (QED) is 0.773. The van der Waals surface area contributed by atoms with Gasteiger partial charge in [0.15, 0.2) is 10.8 Å². The highest BCUT2D eigenvalue weighted by molar-refractivity contribution is 7.21. The van der Waals surface area contributed by atoms with E-state index in [1.807, 2.05) is 30.3 Å². The zero-order chi connectivity index (χ0) is 15.6. The summed E-state index contributed by atoms with van der Waals surface area (Å²) in [7, 11) is 0. The second-order valence-corrected chi connectivity index (χ2v) is 6.65. The van der Waals surface area contributed by atoms with Gasteiger partial charge in [-0.05, 0) is 43.7 Å². The van der Waals surface area contributed by atoms with Gasteiger partial charge < -0.3 is 15.1 Å². The van der Waals surface area contributed by atoms with Crippen molar-refractivity contribution in [2.24, 2.45) is 0 Å². The van der Waals surface area contributed by atoms with Crippen molar-refractivity contribution < 1.29 is 9.21 Å². The summed E-state index contributed by atoms with van der Waals surface area (Å²) in [6.07, 6.45) is 1.96. The molecule has 1 aromatic carbocycles. The second-order valence-electron chi connectivity index (χ2n) is 5.62. The first-order valence-electron chi connectivity index (χ1n) is 7.75. The standard InChI is InChI=1S/C17H17N3O2S/c21-16(13-5-3-9-18-13)19-10-11-7-8-14(22-11)17-20-12-4-1-2-6-15(12)23-17/h1-2,4,6-8,13,18H,3,5,9-10H2,(H,19,21). The van der Waals surface area contributed by atoms with Crippen LogP contribution in [0.3, 0.4) is 0 Å². The lowest BCUT2D eigenvalue weighted by Crippen LogP contribution is -2.39. The summed E-state index contributed by atoms with van der Waals surface area (Å²) < 4.78 is 6.96. The molecule has 1 saturated heterocycles. The molecule has 0 spiro atoms. The number of carbonyl (C=O) groups is 1. The van der Waals surface area contributed by atoms with Gasteiger partial charge in [0, 0.05) is 0 Å². The van der Waals surface area contributed by atoms with Crippen LogP contribution in [0, 0.1) is 0 Å². The van der Waals surface area contributed by atoms with Crippen LogP contribution in [0.5, 0.6) is 0 Å². The number of hydrogen-bond acceptors (Lipinski definition) is 5. The zero-order valence-electron chi connectivity index (χ0n) is 12.5. The Morgan fingerprint density at radius 3 is 3.09 bits per heavy atom. The topological polar surface area (TPSA) is 67.2 Å². The van der Waals surface area contributed by atoms with Crippen LogP contribution in [0.1, 0.15) is 18.6 Å². The molecule has 118 valence electrons. The average Bonchev–Trinajstić information content (AvgIpc) is 3.31. The molecule has 0 bridgehead atoms. The van der Waals surface area contributed by atoms with Crippen LogP contribution < -0.4 is 10.6 Å². The predicted octanol–water partition coefficient (Wildman–Crippen LogP) is 2.92. The molecule has 4 rings (SSSR count). The number of nitrogens with one attached hydrogen (secondary N) is 2. The SMILES string of the molecule is O=C(NCc1ccc(-c2nc3ccccc3s2)o1)C1CCCN1. The maximum Gasteiger partial charge on any atom is 0.237 e. The Morgan fingerprint density at radius 2 is 2.26 bits per heavy atom. The van der Waals surface area contributed by atoms with Crippen molar-refractivity contribution in [3.63, 3.8) is 0 Å². The Bertz CT molecular complexity index is 800. The van der Waals surface area contributed by atoms with Gasteiger partial charge in [-0.2, -0.15) is 0 Å². The van der Waals surface area contributed by atoms with Crippen LogP contribution in [-0.4, -0.2) is 23.5 Å². The van der Waals surface area contributed by atoms with Crippen LogP contribution in [0.25, 0.3) is 21.0 Å². The number of benzene rings is 1. The smallest absolute Gasteiger partial charge is 0.237 e. The van der Waals surface area contributed by atoms with Gasteiger partial charge >= 0.3 is 0 Å². The molecular weight excluding hydrogens is 310 g/mol. The van der Waals surface area contributed by atoms with E-state index in [0.29, 0.717) is 6.54 Å². The van der Waals surface area contributed by atoms with E-state index in [4.69, 9.17) is 4.42 Å². The minimum atomic E-state index is -0.0614. The molecule has 0 radical (unpaired) electrons. The molecule has 6 heteroatoms. The van der Waals surface area contributed by atoms with E-state index in [9.17, 15) is 4.79 Å². The molecule has 1 aliphatic heterocycles. The lowest BCUT2D eigenvalue weighted by Gasteiger charge is -2.09. The van der Waals surface area contributed by atoms with Gasteiger partial charge in [-0.1, -0.05) is 12.1 Å². The summed E-state index contributed by atoms with van der Waals surface area (Å²) in [6, 6.07) is 11.8. The summed E-state index contributed by atoms with van der Waals surface area (Å²) in [6.45, 7) is 1.32. The predicted molar refractivity (Wildman–Crippen MR) is 90.2 cm³/mol. The van der Waals surface area contributed by atoms with Crippen LogP contribution in [-0.2, 0) is 11.3 Å². The van der Waals surface area contributed by atoms with Crippen molar-refractivity contribution in [2.75, 3.05) is 6.54 Å². The van der Waals surface area contributed by atoms with Crippen molar-refractivity contribution in [1.82, 2.24) is 15.6 Å². The Balaban J connectivity index is 1.45. The third-order valence-electron chi connectivity index (χ3n) is 3.98. The number of aromatic nitrogens is 1. The molecule has 2 N–H and O–H groups in total. The summed E-state index contributed by atoms with van der Waals surface area (Å²) in [5, 5.41) is 6.97. The maximum absolute atomic E-state index is 12.0. The molecule has 0 saturated carbocycles. The van der Waals surface area contributed by atoms with Crippen LogP contribution in [0.2, 0.25) is 0 Å². The Labute approximate surface area is 137 Å². The highest BCUT2D eigenvalue weighted by Gasteiger charge is 2.21. The first-order chi connectivity index (χ1) is 11.3. The number of para-hydroxylation sites is 1. The van der Waals surface area contributed by atoms with Crippen molar-refractivity contribution >= 4 is 27.5 Å². The van der Waals surface area contributed by atoms with Gasteiger partial charge in [0.25, 0.3) is 0 Å². The summed E-state index contributed by atoms with van der Waals surface area (Å²) in [5.41, 5.74) is 0.978. The van der Waals surface area contributed by atoms with Gasteiger partial charge in [-0.15, -0.1) is 11.3 Å². The molecule has 3 aromatic rings. The molecule has 1 amide bonds. The Morgan fingerprint density at radius 1 is 1.35 bits per heavy atom. The van der Waals surface area contributed by atoms with Crippen LogP contribution in [0.15, 0.2) is 40.8 Å². The number of fused-ring (bicyclic) bond motifs is 1. The fraction of sp³-hybridized carbons (Fsp3) is 0.294. The third kappa shape index (κ3) is 3.00. The fourth-order valence-corrected chi connectivity index (χ4v) is 3.70. The molecule has 2 aromatic heterocycles. The zero-order valence-corrected chi connectivity index (χ0v) is 13.4. The summed E-state index contributed by atoms with van der Waals surface area (Å²) >= 11 is 1.61. The van der Waals surface area contributed by atoms with Crippen LogP contribution in [0.4, 0.5) is 0 Å². The van der Waals surface area contributed by atoms with Crippen molar-refractivity contribution in [3.8, 4) is 10.8 Å². The summed E-state index contributed by atoms with van der Waals surface area (Å²) in [4.78, 5) is 16.6. The molecule has 5 nitrogen and oxygen atoms in total. The number of nitrogens with zero attached hydrogens (tertiary/aromatic N) is 1. The molecule has 23 heavy (non-hydrogen) atoms. The molecule has 1 fully saturated rings. The number of rotatable bonds is 4. The molecule has 0 aliphatic carbocycles. The number of furan rings is 1. The molecule has 3 heterocycles. The van der Waals surface area contributed by atoms with Crippen molar-refractivity contribution in [2.45, 2.75) is 25.4 Å². The Hall–Kier alpha value is -2.18. The van der Waals surface area contributed by atoms with E-state index in [2.05, 4.69) is 21.7 Å². The second kappa shape index (κ2) is 6.14. The molecule has 1 unspecified atom stereocenters. The minimum Gasteiger partial charge on any atom is -0.457 e. The van der Waals surface area contributed by atoms with Crippen LogP contribution >= 0.6 is 11.3 Å². The lowest BCUT2D eigenvalue weighted by atomic mass is 10.2. The highest BCUT2D eigenvalue weighted by Crippen LogP contribution is 2.31. The molecule has 1 atom stereocenters. The minimum absolute atomic E-state index is 0.0421. The maximum atomic E-state index is 12.0. The fourth-order valence-electron chi connectivity index (χ4n) is 2.77. The van der Waals surface area contributed by atoms with Crippen molar-refractivity contribution in [1.29, 1.82) is 0 Å². The summed E-state index contributed by atoms with van der Waals surface area (Å²) in [5.74, 6) is 1.53. The van der Waals surface area contributed by atoms with Gasteiger partial charge in [0.2, 0.25) is 5.91 Å².